The van der Waals surface area contributed by atoms with Crippen LogP contribution in [0, 0.1) is 4.77 Å². The average Bonchev–Trinajstić information content (AvgIpc) is 3.46. The SMILES string of the molecule is CC(C(=O)NCCOc1ccccc1-c1ccccc1)n1c(-c2cccs2)n[nH]c1=S. The Hall–Kier alpha value is -3.23. The van der Waals surface area contributed by atoms with Gasteiger partial charge < -0.3 is 10.1 Å². The molecule has 0 aliphatic carbocycles. The van der Waals surface area contributed by atoms with Crippen LogP contribution in [-0.2, 0) is 4.79 Å². The Bertz CT molecular complexity index is 1200. The zero-order valence-electron chi connectivity index (χ0n) is 16.9. The Kier molecular flexibility index (Phi) is 6.59. The molecule has 1 unspecified atom stereocenters. The number of aromatic amines is 1. The molecule has 0 fully saturated rings. The molecular weight excluding hydrogens is 428 g/mol. The van der Waals surface area contributed by atoms with Gasteiger partial charge in [-0.15, -0.1) is 11.3 Å². The number of carbonyl (C=O) groups excluding carboxylic acids is 1. The van der Waals surface area contributed by atoms with Gasteiger partial charge in [0.1, 0.15) is 18.4 Å². The first-order chi connectivity index (χ1) is 15.1. The molecule has 4 rings (SSSR count). The van der Waals surface area contributed by atoms with Gasteiger partial charge in [-0.2, -0.15) is 5.10 Å². The first-order valence-electron chi connectivity index (χ1n) is 9.91. The number of carbonyl (C=O) groups is 1. The quantitative estimate of drug-likeness (QED) is 0.290. The lowest BCUT2D eigenvalue weighted by Gasteiger charge is -2.16. The normalized spacial score (nSPS) is 11.8. The van der Waals surface area contributed by atoms with Crippen molar-refractivity contribution in [2.45, 2.75) is 13.0 Å². The van der Waals surface area contributed by atoms with Crippen molar-refractivity contribution in [1.29, 1.82) is 0 Å². The number of benzene rings is 2. The summed E-state index contributed by atoms with van der Waals surface area (Å²) < 4.78 is 8.11. The summed E-state index contributed by atoms with van der Waals surface area (Å²) in [6.45, 7) is 2.55. The van der Waals surface area contributed by atoms with Crippen LogP contribution < -0.4 is 10.1 Å². The van der Waals surface area contributed by atoms with Gasteiger partial charge in [0.15, 0.2) is 10.6 Å². The topological polar surface area (TPSA) is 71.9 Å². The van der Waals surface area contributed by atoms with E-state index in [0.717, 1.165) is 21.8 Å². The maximum atomic E-state index is 12.7. The van der Waals surface area contributed by atoms with Crippen molar-refractivity contribution in [3.05, 3.63) is 76.9 Å². The maximum absolute atomic E-state index is 12.7. The molecular formula is C23H22N4O2S2. The van der Waals surface area contributed by atoms with Crippen LogP contribution in [0.4, 0.5) is 0 Å². The van der Waals surface area contributed by atoms with Crippen molar-refractivity contribution < 1.29 is 9.53 Å². The van der Waals surface area contributed by atoms with Gasteiger partial charge in [0, 0.05) is 5.56 Å². The standard InChI is InChI=1S/C23H22N4O2S2/c1-16(27-21(25-26-23(27)30)20-12-7-15-31-20)22(28)24-13-14-29-19-11-6-5-10-18(19)17-8-3-2-4-9-17/h2-12,15-16H,13-14H2,1H3,(H,24,28)(H,26,30). The van der Waals surface area contributed by atoms with Crippen molar-refractivity contribution in [3.8, 4) is 27.6 Å². The highest BCUT2D eigenvalue weighted by Gasteiger charge is 2.21. The predicted molar refractivity (Wildman–Crippen MR) is 126 cm³/mol. The van der Waals surface area contributed by atoms with Crippen LogP contribution >= 0.6 is 23.6 Å². The average molecular weight is 451 g/mol. The fourth-order valence-electron chi connectivity index (χ4n) is 3.29. The van der Waals surface area contributed by atoms with Gasteiger partial charge in [-0.1, -0.05) is 54.6 Å². The van der Waals surface area contributed by atoms with Crippen molar-refractivity contribution in [3.63, 3.8) is 0 Å². The number of rotatable bonds is 8. The smallest absolute Gasteiger partial charge is 0.243 e. The van der Waals surface area contributed by atoms with Crippen LogP contribution in [0.5, 0.6) is 5.75 Å². The number of hydrogen-bond acceptors (Lipinski definition) is 5. The fraction of sp³-hybridized carbons (Fsp3) is 0.174. The molecule has 0 spiro atoms. The number of aromatic nitrogens is 3. The number of nitrogens with one attached hydrogen (secondary N) is 2. The van der Waals surface area contributed by atoms with E-state index in [-0.39, 0.29) is 5.91 Å². The molecule has 0 bridgehead atoms. The van der Waals surface area contributed by atoms with Crippen LogP contribution in [0.1, 0.15) is 13.0 Å². The number of ether oxygens (including phenoxy) is 1. The highest BCUT2D eigenvalue weighted by Crippen LogP contribution is 2.29. The van der Waals surface area contributed by atoms with E-state index in [4.69, 9.17) is 17.0 Å². The Morgan fingerprint density at radius 3 is 2.71 bits per heavy atom. The number of thiophene rings is 1. The van der Waals surface area contributed by atoms with E-state index in [1.165, 1.54) is 0 Å². The van der Waals surface area contributed by atoms with E-state index in [0.29, 0.717) is 23.7 Å². The highest BCUT2D eigenvalue weighted by molar-refractivity contribution is 7.71. The number of para-hydroxylation sites is 1. The lowest BCUT2D eigenvalue weighted by atomic mass is 10.1. The van der Waals surface area contributed by atoms with Crippen LogP contribution in [-0.4, -0.2) is 33.8 Å². The van der Waals surface area contributed by atoms with Gasteiger partial charge in [-0.3, -0.25) is 14.5 Å². The van der Waals surface area contributed by atoms with E-state index >= 15 is 0 Å². The van der Waals surface area contributed by atoms with Gasteiger partial charge in [0.25, 0.3) is 0 Å². The molecule has 0 aliphatic heterocycles. The molecule has 0 saturated heterocycles. The summed E-state index contributed by atoms with van der Waals surface area (Å²) in [7, 11) is 0. The largest absolute Gasteiger partial charge is 0.491 e. The summed E-state index contributed by atoms with van der Waals surface area (Å²) >= 11 is 6.90. The van der Waals surface area contributed by atoms with Crippen molar-refractivity contribution in [2.75, 3.05) is 13.2 Å². The van der Waals surface area contributed by atoms with Gasteiger partial charge in [-0.05, 0) is 42.2 Å². The van der Waals surface area contributed by atoms with Crippen LogP contribution in [0.3, 0.4) is 0 Å². The molecule has 2 aromatic heterocycles. The van der Waals surface area contributed by atoms with Gasteiger partial charge in [-0.25, -0.2) is 0 Å². The third-order valence-electron chi connectivity index (χ3n) is 4.84. The number of hydrogen-bond donors (Lipinski definition) is 2. The number of amides is 1. The third-order valence-corrected chi connectivity index (χ3v) is 6.00. The Morgan fingerprint density at radius 2 is 1.94 bits per heavy atom. The summed E-state index contributed by atoms with van der Waals surface area (Å²) in [6.07, 6.45) is 0. The minimum atomic E-state index is -0.500. The summed E-state index contributed by atoms with van der Waals surface area (Å²) in [6, 6.07) is 21.4. The minimum Gasteiger partial charge on any atom is -0.491 e. The van der Waals surface area contributed by atoms with Gasteiger partial charge in [0.05, 0.1) is 11.4 Å². The lowest BCUT2D eigenvalue weighted by molar-refractivity contribution is -0.123. The molecule has 2 aromatic carbocycles. The molecule has 0 aliphatic rings. The molecule has 8 heteroatoms. The first kappa shape index (κ1) is 21.0. The van der Waals surface area contributed by atoms with Crippen LogP contribution in [0.25, 0.3) is 21.8 Å². The molecule has 4 aromatic rings. The third kappa shape index (κ3) is 4.76. The van der Waals surface area contributed by atoms with Crippen LogP contribution in [0.15, 0.2) is 72.1 Å². The fourth-order valence-corrected chi connectivity index (χ4v) is 4.29. The molecule has 158 valence electrons. The van der Waals surface area contributed by atoms with E-state index in [2.05, 4.69) is 15.5 Å². The summed E-state index contributed by atoms with van der Waals surface area (Å²) in [5.41, 5.74) is 2.11. The molecule has 0 saturated carbocycles. The monoisotopic (exact) mass is 450 g/mol. The second-order valence-electron chi connectivity index (χ2n) is 6.88. The van der Waals surface area contributed by atoms with E-state index in [1.54, 1.807) is 15.9 Å². The number of H-pyrrole nitrogens is 1. The molecule has 1 amide bonds. The Morgan fingerprint density at radius 1 is 1.16 bits per heavy atom. The van der Waals surface area contributed by atoms with Gasteiger partial charge in [0.2, 0.25) is 5.91 Å². The minimum absolute atomic E-state index is 0.143. The molecule has 1 atom stereocenters. The van der Waals surface area contributed by atoms with Crippen LogP contribution in [0.2, 0.25) is 0 Å². The molecule has 2 heterocycles. The molecule has 31 heavy (non-hydrogen) atoms. The zero-order valence-corrected chi connectivity index (χ0v) is 18.6. The zero-order chi connectivity index (χ0) is 21.6. The van der Waals surface area contributed by atoms with Crippen molar-refractivity contribution in [1.82, 2.24) is 20.1 Å². The summed E-state index contributed by atoms with van der Waals surface area (Å²) in [4.78, 5) is 13.7. The van der Waals surface area contributed by atoms with Gasteiger partial charge >= 0.3 is 0 Å². The van der Waals surface area contributed by atoms with E-state index < -0.39 is 6.04 Å². The van der Waals surface area contributed by atoms with Crippen molar-refractivity contribution in [2.24, 2.45) is 0 Å². The van der Waals surface area contributed by atoms with Crippen molar-refractivity contribution >= 4 is 29.5 Å². The Labute approximate surface area is 189 Å². The van der Waals surface area contributed by atoms with E-state index in [9.17, 15) is 4.79 Å². The molecule has 0 radical (unpaired) electrons. The summed E-state index contributed by atoms with van der Waals surface area (Å²) in [5.74, 6) is 1.30. The Balaban J connectivity index is 1.37. The van der Waals surface area contributed by atoms with E-state index in [1.807, 2.05) is 79.0 Å². The molecule has 6 nitrogen and oxygen atoms in total. The number of nitrogens with zero attached hydrogens (tertiary/aromatic N) is 2. The predicted octanol–water partition coefficient (Wildman–Crippen LogP) is 5.09. The lowest BCUT2D eigenvalue weighted by Crippen LogP contribution is -2.34. The summed E-state index contributed by atoms with van der Waals surface area (Å²) in [5, 5.41) is 12.0. The first-order valence-corrected chi connectivity index (χ1v) is 11.2. The maximum Gasteiger partial charge on any atom is 0.243 e. The second-order valence-corrected chi connectivity index (χ2v) is 8.21. The second kappa shape index (κ2) is 9.72. The highest BCUT2D eigenvalue weighted by atomic mass is 32.1. The molecule has 2 N–H and O–H groups in total.